The average Bonchev–Trinajstić information content (AvgIpc) is 2.63. The van der Waals surface area contributed by atoms with Crippen molar-refractivity contribution in [2.24, 2.45) is 0 Å². The van der Waals surface area contributed by atoms with Crippen LogP contribution in [0.25, 0.3) is 10.9 Å². The molecule has 0 aliphatic heterocycles. The number of aromatic nitrogens is 1. The number of fused-ring (bicyclic) bond motifs is 1. The van der Waals surface area contributed by atoms with Crippen LogP contribution in [0.15, 0.2) is 24.4 Å². The molecule has 1 heterocycles. The maximum absolute atomic E-state index is 10.6. The largest absolute Gasteiger partial charge is 0.361 e. The van der Waals surface area contributed by atoms with E-state index in [0.29, 0.717) is 5.39 Å². The number of rotatable bonds is 1. The van der Waals surface area contributed by atoms with Crippen LogP contribution in [0.4, 0.5) is 5.69 Å². The first kappa shape index (κ1) is 8.26. The monoisotopic (exact) mass is 187 g/mol. The van der Waals surface area contributed by atoms with Gasteiger partial charge in [0.1, 0.15) is 11.6 Å². The van der Waals surface area contributed by atoms with Crippen LogP contribution >= 0.6 is 0 Å². The third-order valence-corrected chi connectivity index (χ3v) is 2.02. The normalized spacial score (nSPS) is 9.93. The Hall–Kier alpha value is -2.35. The first-order valence-corrected chi connectivity index (χ1v) is 3.88. The molecule has 68 valence electrons. The van der Waals surface area contributed by atoms with Crippen molar-refractivity contribution >= 4 is 16.6 Å². The van der Waals surface area contributed by atoms with Gasteiger partial charge in [-0.05, 0) is 12.1 Å². The van der Waals surface area contributed by atoms with Crippen LogP contribution in [0.1, 0.15) is 5.56 Å². The number of benzene rings is 1. The Morgan fingerprint density at radius 2 is 2.21 bits per heavy atom. The summed E-state index contributed by atoms with van der Waals surface area (Å²) in [6.45, 7) is 0. The van der Waals surface area contributed by atoms with E-state index in [2.05, 4.69) is 4.98 Å². The van der Waals surface area contributed by atoms with E-state index in [1.165, 1.54) is 6.07 Å². The van der Waals surface area contributed by atoms with Crippen LogP contribution in [0.2, 0.25) is 0 Å². The van der Waals surface area contributed by atoms with Crippen LogP contribution in [-0.4, -0.2) is 9.91 Å². The first-order valence-electron chi connectivity index (χ1n) is 3.88. The number of aromatic amines is 1. The molecule has 0 unspecified atom stereocenters. The molecular formula is C9H5N3O2. The van der Waals surface area contributed by atoms with Gasteiger partial charge in [0.05, 0.1) is 4.92 Å². The van der Waals surface area contributed by atoms with E-state index in [9.17, 15) is 10.1 Å². The van der Waals surface area contributed by atoms with Crippen molar-refractivity contribution in [1.29, 1.82) is 5.26 Å². The lowest BCUT2D eigenvalue weighted by atomic mass is 10.1. The van der Waals surface area contributed by atoms with Crippen molar-refractivity contribution in [3.63, 3.8) is 0 Å². The van der Waals surface area contributed by atoms with Crippen LogP contribution < -0.4 is 0 Å². The number of hydrogen-bond acceptors (Lipinski definition) is 3. The molecule has 1 N–H and O–H groups in total. The van der Waals surface area contributed by atoms with Crippen molar-refractivity contribution in [3.05, 3.63) is 40.1 Å². The molecular weight excluding hydrogens is 182 g/mol. The topological polar surface area (TPSA) is 82.7 Å². The summed E-state index contributed by atoms with van der Waals surface area (Å²) < 4.78 is 0. The van der Waals surface area contributed by atoms with Crippen molar-refractivity contribution in [3.8, 4) is 6.07 Å². The second-order valence-corrected chi connectivity index (χ2v) is 2.77. The predicted octanol–water partition coefficient (Wildman–Crippen LogP) is 1.95. The van der Waals surface area contributed by atoms with Gasteiger partial charge in [-0.1, -0.05) is 0 Å². The molecule has 5 heteroatoms. The highest BCUT2D eigenvalue weighted by Crippen LogP contribution is 2.26. The standard InChI is InChI=1S/C9H5N3O2/c10-5-7-6-3-4-11-8(6)1-2-9(7)12(13)14/h1-4,11H. The van der Waals surface area contributed by atoms with Crippen LogP contribution in [0.5, 0.6) is 0 Å². The summed E-state index contributed by atoms with van der Waals surface area (Å²) >= 11 is 0. The van der Waals surface area contributed by atoms with Crippen molar-refractivity contribution < 1.29 is 4.92 Å². The summed E-state index contributed by atoms with van der Waals surface area (Å²) in [5, 5.41) is 20.0. The molecule has 5 nitrogen and oxygen atoms in total. The molecule has 1 aromatic carbocycles. The van der Waals surface area contributed by atoms with Gasteiger partial charge >= 0.3 is 0 Å². The molecule has 0 spiro atoms. The maximum Gasteiger partial charge on any atom is 0.287 e. The Morgan fingerprint density at radius 1 is 1.43 bits per heavy atom. The third kappa shape index (κ3) is 1.02. The van der Waals surface area contributed by atoms with Gasteiger partial charge < -0.3 is 4.98 Å². The van der Waals surface area contributed by atoms with Crippen LogP contribution in [0, 0.1) is 21.4 Å². The minimum atomic E-state index is -0.551. The lowest BCUT2D eigenvalue weighted by Crippen LogP contribution is -1.92. The number of nitro benzene ring substituents is 1. The highest BCUT2D eigenvalue weighted by Gasteiger charge is 2.16. The molecule has 0 aliphatic rings. The van der Waals surface area contributed by atoms with Gasteiger partial charge in [0, 0.05) is 23.2 Å². The summed E-state index contributed by atoms with van der Waals surface area (Å²) in [4.78, 5) is 12.9. The fourth-order valence-corrected chi connectivity index (χ4v) is 1.39. The Bertz CT molecular complexity index is 551. The Labute approximate surface area is 78.7 Å². The van der Waals surface area contributed by atoms with E-state index < -0.39 is 4.92 Å². The number of hydrogen-bond donors (Lipinski definition) is 1. The third-order valence-electron chi connectivity index (χ3n) is 2.02. The summed E-state index contributed by atoms with van der Waals surface area (Å²) in [7, 11) is 0. The molecule has 0 fully saturated rings. The van der Waals surface area contributed by atoms with Gasteiger partial charge in [-0.2, -0.15) is 5.26 Å². The zero-order chi connectivity index (χ0) is 10.1. The molecule has 0 atom stereocenters. The first-order chi connectivity index (χ1) is 6.74. The number of nitrogens with one attached hydrogen (secondary N) is 1. The van der Waals surface area contributed by atoms with Crippen molar-refractivity contribution in [1.82, 2.24) is 4.98 Å². The molecule has 2 aromatic rings. The van der Waals surface area contributed by atoms with E-state index >= 15 is 0 Å². The molecule has 14 heavy (non-hydrogen) atoms. The molecule has 1 aromatic heterocycles. The predicted molar refractivity (Wildman–Crippen MR) is 49.7 cm³/mol. The maximum atomic E-state index is 10.6. The average molecular weight is 187 g/mol. The fourth-order valence-electron chi connectivity index (χ4n) is 1.39. The minimum absolute atomic E-state index is 0.105. The SMILES string of the molecule is N#Cc1c([N+](=O)[O-])ccc2[nH]ccc12. The Balaban J connectivity index is 2.87. The van der Waals surface area contributed by atoms with Crippen molar-refractivity contribution in [2.75, 3.05) is 0 Å². The van der Waals surface area contributed by atoms with Crippen molar-refractivity contribution in [2.45, 2.75) is 0 Å². The van der Waals surface area contributed by atoms with E-state index in [0.717, 1.165) is 5.52 Å². The smallest absolute Gasteiger partial charge is 0.287 e. The highest BCUT2D eigenvalue weighted by atomic mass is 16.6. The highest BCUT2D eigenvalue weighted by molar-refractivity contribution is 5.89. The summed E-state index contributed by atoms with van der Waals surface area (Å²) in [5.74, 6) is 0. The second kappa shape index (κ2) is 2.85. The molecule has 0 saturated carbocycles. The molecule has 0 saturated heterocycles. The van der Waals surface area contributed by atoms with E-state index in [1.54, 1.807) is 18.3 Å². The van der Waals surface area contributed by atoms with Crippen LogP contribution in [-0.2, 0) is 0 Å². The number of nitriles is 1. The lowest BCUT2D eigenvalue weighted by molar-refractivity contribution is -0.385. The van der Waals surface area contributed by atoms with E-state index in [-0.39, 0.29) is 11.3 Å². The van der Waals surface area contributed by atoms with Gasteiger partial charge in [0.25, 0.3) is 5.69 Å². The summed E-state index contributed by atoms with van der Waals surface area (Å²) in [6.07, 6.45) is 1.65. The van der Waals surface area contributed by atoms with E-state index in [1.807, 2.05) is 6.07 Å². The van der Waals surface area contributed by atoms with Gasteiger partial charge in [0.2, 0.25) is 0 Å². The molecule has 2 rings (SSSR count). The fraction of sp³-hybridized carbons (Fsp3) is 0. The zero-order valence-corrected chi connectivity index (χ0v) is 7.02. The van der Waals surface area contributed by atoms with Gasteiger partial charge in [0.15, 0.2) is 0 Å². The van der Waals surface area contributed by atoms with E-state index in [4.69, 9.17) is 5.26 Å². The molecule has 0 amide bonds. The number of H-pyrrole nitrogens is 1. The van der Waals surface area contributed by atoms with Gasteiger partial charge in [-0.15, -0.1) is 0 Å². The minimum Gasteiger partial charge on any atom is -0.361 e. The lowest BCUT2D eigenvalue weighted by Gasteiger charge is -1.95. The van der Waals surface area contributed by atoms with Crippen LogP contribution in [0.3, 0.4) is 0 Å². The number of nitro groups is 1. The molecule has 0 radical (unpaired) electrons. The summed E-state index contributed by atoms with van der Waals surface area (Å²) in [6, 6.07) is 6.42. The zero-order valence-electron chi connectivity index (χ0n) is 7.02. The second-order valence-electron chi connectivity index (χ2n) is 2.77. The number of nitrogens with zero attached hydrogens (tertiary/aromatic N) is 2. The molecule has 0 bridgehead atoms. The Kier molecular flexibility index (Phi) is 1.68. The van der Waals surface area contributed by atoms with Gasteiger partial charge in [-0.3, -0.25) is 10.1 Å². The molecule has 0 aliphatic carbocycles. The quantitative estimate of drug-likeness (QED) is 0.547. The van der Waals surface area contributed by atoms with Gasteiger partial charge in [-0.25, -0.2) is 0 Å². The summed E-state index contributed by atoms with van der Waals surface area (Å²) in [5.41, 5.74) is 0.681. The Morgan fingerprint density at radius 3 is 2.86 bits per heavy atom.